The van der Waals surface area contributed by atoms with E-state index in [1.807, 2.05) is 0 Å². The lowest BCUT2D eigenvalue weighted by Gasteiger charge is -2.13. The molecule has 1 aliphatic rings. The number of benzene rings is 1. The van der Waals surface area contributed by atoms with Gasteiger partial charge in [-0.3, -0.25) is 4.79 Å². The van der Waals surface area contributed by atoms with Crippen LogP contribution >= 0.6 is 0 Å². The second kappa shape index (κ2) is 5.43. The van der Waals surface area contributed by atoms with Crippen molar-refractivity contribution in [1.29, 1.82) is 0 Å². The van der Waals surface area contributed by atoms with Gasteiger partial charge in [0.2, 0.25) is 15.9 Å². The molecule has 2 aromatic rings. The number of carbonyl (C=O) groups is 1. The number of nitrogens with one attached hydrogen (secondary N) is 1. The molecule has 116 valence electrons. The molecule has 0 aliphatic carbocycles. The molecule has 0 radical (unpaired) electrons. The summed E-state index contributed by atoms with van der Waals surface area (Å²) < 4.78 is 29.4. The predicted molar refractivity (Wildman–Crippen MR) is 78.1 cm³/mol. The number of fused-ring (bicyclic) bond motifs is 1. The third-order valence-corrected chi connectivity index (χ3v) is 4.11. The molecule has 0 saturated heterocycles. The lowest BCUT2D eigenvalue weighted by atomic mass is 10.3. The van der Waals surface area contributed by atoms with Crippen LogP contribution in [0.2, 0.25) is 0 Å². The van der Waals surface area contributed by atoms with Crippen LogP contribution in [0, 0.1) is 0 Å². The van der Waals surface area contributed by atoms with Gasteiger partial charge in [-0.1, -0.05) is 0 Å². The normalized spacial score (nSPS) is 14.0. The number of hydrogen-bond acceptors (Lipinski definition) is 5. The molecule has 1 aromatic heterocycles. The standard InChI is InChI=1S/C13H14N4O4S/c14-22(19,20)10-4-2-9(3-5-10)15-13(18)11-8-12-17(16-11)6-1-7-21-12/h2-5,8H,1,6-7H2,(H,15,18)(H2,14,19,20). The van der Waals surface area contributed by atoms with Crippen molar-refractivity contribution in [3.63, 3.8) is 0 Å². The van der Waals surface area contributed by atoms with E-state index in [1.54, 1.807) is 10.7 Å². The molecule has 8 nitrogen and oxygen atoms in total. The van der Waals surface area contributed by atoms with Gasteiger partial charge < -0.3 is 10.1 Å². The highest BCUT2D eigenvalue weighted by atomic mass is 32.2. The summed E-state index contributed by atoms with van der Waals surface area (Å²) in [6, 6.07) is 7.15. The van der Waals surface area contributed by atoms with Gasteiger partial charge in [-0.15, -0.1) is 0 Å². The zero-order valence-corrected chi connectivity index (χ0v) is 12.3. The first-order valence-electron chi connectivity index (χ1n) is 6.58. The van der Waals surface area contributed by atoms with Crippen LogP contribution in [0.4, 0.5) is 5.69 Å². The topological polar surface area (TPSA) is 116 Å². The fourth-order valence-electron chi connectivity index (χ4n) is 2.10. The molecule has 22 heavy (non-hydrogen) atoms. The van der Waals surface area contributed by atoms with Crippen LogP contribution in [0.15, 0.2) is 35.2 Å². The molecule has 0 saturated carbocycles. The second-order valence-corrected chi connectivity index (χ2v) is 6.38. The number of aromatic nitrogens is 2. The van der Waals surface area contributed by atoms with Crippen LogP contribution in [0.25, 0.3) is 0 Å². The highest BCUT2D eigenvalue weighted by Gasteiger charge is 2.18. The van der Waals surface area contributed by atoms with Crippen molar-refractivity contribution in [2.75, 3.05) is 11.9 Å². The minimum absolute atomic E-state index is 0.0173. The number of carbonyl (C=O) groups excluding carboxylic acids is 1. The Labute approximate surface area is 126 Å². The number of rotatable bonds is 3. The van der Waals surface area contributed by atoms with Crippen LogP contribution in [-0.2, 0) is 16.6 Å². The molecule has 1 aliphatic heterocycles. The van der Waals surface area contributed by atoms with E-state index in [9.17, 15) is 13.2 Å². The summed E-state index contributed by atoms with van der Waals surface area (Å²) in [5.41, 5.74) is 0.691. The second-order valence-electron chi connectivity index (χ2n) is 4.82. The lowest BCUT2D eigenvalue weighted by molar-refractivity contribution is 0.102. The van der Waals surface area contributed by atoms with Gasteiger partial charge in [-0.25, -0.2) is 18.2 Å². The maximum Gasteiger partial charge on any atom is 0.276 e. The maximum absolute atomic E-state index is 12.1. The number of sulfonamides is 1. The Morgan fingerprint density at radius 3 is 2.68 bits per heavy atom. The van der Waals surface area contributed by atoms with Crippen molar-refractivity contribution in [2.24, 2.45) is 5.14 Å². The number of nitrogens with zero attached hydrogens (tertiary/aromatic N) is 2. The smallest absolute Gasteiger partial charge is 0.276 e. The van der Waals surface area contributed by atoms with E-state index in [4.69, 9.17) is 9.88 Å². The first-order chi connectivity index (χ1) is 10.4. The van der Waals surface area contributed by atoms with Crippen molar-refractivity contribution in [3.8, 4) is 5.88 Å². The molecule has 1 aromatic carbocycles. The highest BCUT2D eigenvalue weighted by Crippen LogP contribution is 2.19. The summed E-state index contributed by atoms with van der Waals surface area (Å²) in [7, 11) is -3.75. The van der Waals surface area contributed by atoms with E-state index >= 15 is 0 Å². The average molecular weight is 322 g/mol. The summed E-state index contributed by atoms with van der Waals surface area (Å²) in [5.74, 6) is 0.176. The van der Waals surface area contributed by atoms with E-state index in [-0.39, 0.29) is 10.6 Å². The maximum atomic E-state index is 12.1. The number of anilines is 1. The molecule has 0 bridgehead atoms. The molecule has 0 unspecified atom stereocenters. The van der Waals surface area contributed by atoms with Crippen molar-refractivity contribution >= 4 is 21.6 Å². The number of aryl methyl sites for hydroxylation is 1. The molecule has 9 heteroatoms. The first kappa shape index (κ1) is 14.5. The van der Waals surface area contributed by atoms with Gasteiger partial charge >= 0.3 is 0 Å². The lowest BCUT2D eigenvalue weighted by Crippen LogP contribution is -2.16. The summed E-state index contributed by atoms with van der Waals surface area (Å²) >= 11 is 0. The third-order valence-electron chi connectivity index (χ3n) is 3.18. The van der Waals surface area contributed by atoms with E-state index < -0.39 is 15.9 Å². The van der Waals surface area contributed by atoms with Gasteiger partial charge in [-0.2, -0.15) is 5.10 Å². The molecule has 2 heterocycles. The van der Waals surface area contributed by atoms with Gasteiger partial charge in [0.1, 0.15) is 0 Å². The predicted octanol–water partition coefficient (Wildman–Crippen LogP) is 0.565. The number of primary sulfonamides is 1. The fourth-order valence-corrected chi connectivity index (χ4v) is 2.62. The Bertz CT molecular complexity index is 788. The Hall–Kier alpha value is -2.39. The molecular formula is C13H14N4O4S. The minimum Gasteiger partial charge on any atom is -0.478 e. The zero-order valence-electron chi connectivity index (χ0n) is 11.5. The van der Waals surface area contributed by atoms with Gasteiger partial charge in [0.05, 0.1) is 11.5 Å². The summed E-state index contributed by atoms with van der Waals surface area (Å²) in [4.78, 5) is 12.1. The number of amides is 1. The molecule has 1 amide bonds. The molecular weight excluding hydrogens is 308 g/mol. The summed E-state index contributed by atoms with van der Waals surface area (Å²) in [5, 5.41) is 11.8. The van der Waals surface area contributed by atoms with Gasteiger partial charge in [-0.05, 0) is 24.3 Å². The van der Waals surface area contributed by atoms with Gasteiger partial charge in [0.15, 0.2) is 5.69 Å². The quantitative estimate of drug-likeness (QED) is 0.856. The highest BCUT2D eigenvalue weighted by molar-refractivity contribution is 7.89. The summed E-state index contributed by atoms with van der Waals surface area (Å²) in [6.45, 7) is 1.33. The summed E-state index contributed by atoms with van der Waals surface area (Å²) in [6.07, 6.45) is 0.852. The van der Waals surface area contributed by atoms with Crippen molar-refractivity contribution < 1.29 is 17.9 Å². The SMILES string of the molecule is NS(=O)(=O)c1ccc(NC(=O)c2cc3n(n2)CCCO3)cc1. The van der Waals surface area contributed by atoms with E-state index in [0.717, 1.165) is 6.42 Å². The van der Waals surface area contributed by atoms with Gasteiger partial charge in [0.25, 0.3) is 5.91 Å². The van der Waals surface area contributed by atoms with Crippen LogP contribution in [0.3, 0.4) is 0 Å². The average Bonchev–Trinajstić information content (AvgIpc) is 2.91. The molecule has 0 atom stereocenters. The minimum atomic E-state index is -3.75. The van der Waals surface area contributed by atoms with Crippen LogP contribution < -0.4 is 15.2 Å². The Kier molecular flexibility index (Phi) is 3.59. The van der Waals surface area contributed by atoms with Crippen molar-refractivity contribution in [2.45, 2.75) is 17.9 Å². The fraction of sp³-hybridized carbons (Fsp3) is 0.231. The molecule has 0 fully saturated rings. The molecule has 0 spiro atoms. The first-order valence-corrected chi connectivity index (χ1v) is 8.13. The van der Waals surface area contributed by atoms with Crippen LogP contribution in [0.1, 0.15) is 16.9 Å². The van der Waals surface area contributed by atoms with Crippen molar-refractivity contribution in [3.05, 3.63) is 36.0 Å². The Morgan fingerprint density at radius 2 is 2.05 bits per heavy atom. The van der Waals surface area contributed by atoms with Gasteiger partial charge in [0, 0.05) is 24.7 Å². The van der Waals surface area contributed by atoms with E-state index in [0.29, 0.717) is 24.7 Å². The Morgan fingerprint density at radius 1 is 1.32 bits per heavy atom. The monoisotopic (exact) mass is 322 g/mol. The zero-order chi connectivity index (χ0) is 15.7. The Balaban J connectivity index is 1.75. The van der Waals surface area contributed by atoms with Crippen LogP contribution in [-0.4, -0.2) is 30.7 Å². The number of nitrogens with two attached hydrogens (primary N) is 1. The van der Waals surface area contributed by atoms with E-state index in [2.05, 4.69) is 10.4 Å². The van der Waals surface area contributed by atoms with E-state index in [1.165, 1.54) is 24.3 Å². The molecule has 3 rings (SSSR count). The number of hydrogen-bond donors (Lipinski definition) is 2. The van der Waals surface area contributed by atoms with Crippen molar-refractivity contribution in [1.82, 2.24) is 9.78 Å². The molecule has 3 N–H and O–H groups in total. The number of ether oxygens (including phenoxy) is 1. The largest absolute Gasteiger partial charge is 0.478 e. The van der Waals surface area contributed by atoms with Crippen LogP contribution in [0.5, 0.6) is 5.88 Å². The third kappa shape index (κ3) is 2.95.